The van der Waals surface area contributed by atoms with E-state index in [4.69, 9.17) is 17.0 Å². The second-order valence-corrected chi connectivity index (χ2v) is 6.49. The highest BCUT2D eigenvalue weighted by atomic mass is 19.1. The molecule has 7 nitrogen and oxygen atoms in total. The van der Waals surface area contributed by atoms with Crippen molar-refractivity contribution in [1.82, 2.24) is 4.90 Å². The molecule has 2 aromatic carbocycles. The van der Waals surface area contributed by atoms with E-state index in [0.717, 1.165) is 0 Å². The van der Waals surface area contributed by atoms with E-state index in [9.17, 15) is 18.9 Å². The quantitative estimate of drug-likeness (QED) is 0.375. The molecule has 0 fully saturated rings. The van der Waals surface area contributed by atoms with Gasteiger partial charge in [0.2, 0.25) is 0 Å². The number of carbonyl (C=O) groups is 1. The Morgan fingerprint density at radius 3 is 2.66 bits per heavy atom. The number of carbonyl (C=O) groups excluding carboxylic acids is 1. The highest BCUT2D eigenvalue weighted by Crippen LogP contribution is 2.28. The molecule has 9 heteroatoms. The van der Waals surface area contributed by atoms with Gasteiger partial charge in [0, 0.05) is 37.5 Å². The van der Waals surface area contributed by atoms with Crippen molar-refractivity contribution >= 4 is 30.6 Å². The van der Waals surface area contributed by atoms with Crippen LogP contribution in [0.3, 0.4) is 0 Å². The monoisotopic (exact) mass is 394 g/mol. The molecule has 0 bridgehead atoms. The summed E-state index contributed by atoms with van der Waals surface area (Å²) in [5.74, 6) is -0.596. The summed E-state index contributed by atoms with van der Waals surface area (Å²) in [7, 11) is 8.93. The number of hydrogen-bond donors (Lipinski definition) is 0. The number of benzene rings is 2. The normalized spacial score (nSPS) is 10.7. The van der Waals surface area contributed by atoms with E-state index < -0.39 is 17.5 Å². The second kappa shape index (κ2) is 8.26. The minimum Gasteiger partial charge on any atom is -0.422 e. The number of amides is 1. The van der Waals surface area contributed by atoms with Crippen LogP contribution in [0.25, 0.3) is 11.0 Å². The van der Waals surface area contributed by atoms with Crippen LogP contribution in [-0.4, -0.2) is 32.9 Å². The van der Waals surface area contributed by atoms with Crippen LogP contribution in [0.5, 0.6) is 5.75 Å². The van der Waals surface area contributed by atoms with Crippen LogP contribution >= 0.6 is 0 Å². The predicted octanol–water partition coefficient (Wildman–Crippen LogP) is 3.65. The van der Waals surface area contributed by atoms with Gasteiger partial charge in [-0.05, 0) is 34.5 Å². The molecule has 146 valence electrons. The average molecular weight is 394 g/mol. The van der Waals surface area contributed by atoms with Gasteiger partial charge in [-0.1, -0.05) is 18.5 Å². The van der Waals surface area contributed by atoms with Gasteiger partial charge in [0.05, 0.1) is 7.85 Å². The lowest BCUT2D eigenvalue weighted by atomic mass is 9.88. The Hall–Kier alpha value is -3.49. The molecule has 0 atom stereocenters. The van der Waals surface area contributed by atoms with Gasteiger partial charge >= 0.3 is 11.7 Å². The summed E-state index contributed by atoms with van der Waals surface area (Å²) in [6, 6.07) is 8.75. The molecule has 3 aromatic rings. The maximum Gasteiger partial charge on any atom is 0.414 e. The molecular weight excluding hydrogens is 378 g/mol. The lowest BCUT2D eigenvalue weighted by molar-refractivity contribution is 0.172. The molecule has 2 radical (unpaired) electrons. The van der Waals surface area contributed by atoms with Crippen molar-refractivity contribution in [2.75, 3.05) is 14.1 Å². The molecule has 1 amide bonds. The summed E-state index contributed by atoms with van der Waals surface area (Å²) in [5.41, 5.74) is -0.0650. The molecule has 0 aliphatic heterocycles. The van der Waals surface area contributed by atoms with E-state index in [1.54, 1.807) is 12.1 Å². The zero-order valence-corrected chi connectivity index (χ0v) is 15.8. The van der Waals surface area contributed by atoms with Crippen molar-refractivity contribution < 1.29 is 18.3 Å². The minimum atomic E-state index is -0.795. The summed E-state index contributed by atoms with van der Waals surface area (Å²) in [5, 5.41) is 3.18. The largest absolute Gasteiger partial charge is 0.422 e. The molecule has 3 rings (SSSR count). The van der Waals surface area contributed by atoms with E-state index in [1.807, 2.05) is 0 Å². The first-order chi connectivity index (χ1) is 13.8. The Morgan fingerprint density at radius 1 is 1.24 bits per heavy atom. The predicted molar refractivity (Wildman–Crippen MR) is 106 cm³/mol. The molecule has 1 heterocycles. The van der Waals surface area contributed by atoms with Gasteiger partial charge in [-0.2, -0.15) is 0 Å². The SMILES string of the molecule is [B]Cc1c(Cc2cccc(N=O)c2F)c(=O)oc2cc(OC(=O)N(C)C)ccc12. The second-order valence-electron chi connectivity index (χ2n) is 6.49. The zero-order chi connectivity index (χ0) is 21.1. The van der Waals surface area contributed by atoms with Crippen LogP contribution in [0.2, 0.25) is 0 Å². The van der Waals surface area contributed by atoms with Gasteiger partial charge in [0.15, 0.2) is 5.82 Å². The van der Waals surface area contributed by atoms with Crippen molar-refractivity contribution in [1.29, 1.82) is 0 Å². The number of hydrogen-bond acceptors (Lipinski definition) is 6. The number of halogens is 1. The van der Waals surface area contributed by atoms with E-state index in [0.29, 0.717) is 10.9 Å². The average Bonchev–Trinajstić information content (AvgIpc) is 2.69. The van der Waals surface area contributed by atoms with Gasteiger partial charge < -0.3 is 14.1 Å². The Morgan fingerprint density at radius 2 is 2.00 bits per heavy atom. The lowest BCUT2D eigenvalue weighted by Crippen LogP contribution is -2.25. The smallest absolute Gasteiger partial charge is 0.414 e. The molecule has 0 aliphatic rings. The van der Waals surface area contributed by atoms with Crippen LogP contribution in [0.1, 0.15) is 16.7 Å². The Balaban J connectivity index is 2.08. The minimum absolute atomic E-state index is 0.00149. The van der Waals surface area contributed by atoms with Crippen molar-refractivity contribution in [2.24, 2.45) is 5.18 Å². The lowest BCUT2D eigenvalue weighted by Gasteiger charge is -2.13. The number of rotatable bonds is 5. The maximum absolute atomic E-state index is 14.4. The summed E-state index contributed by atoms with van der Waals surface area (Å²) in [4.78, 5) is 36.3. The third-order valence-corrected chi connectivity index (χ3v) is 4.39. The van der Waals surface area contributed by atoms with Crippen molar-refractivity contribution in [3.8, 4) is 5.75 Å². The Bertz CT molecular complexity index is 1160. The standard InChI is InChI=1S/C20H16BFN2O5/c1-24(2)20(26)28-12-6-7-13-15(10-21)14(19(25)29-17(13)9-12)8-11-4-3-5-16(23-27)18(11)22/h3-7,9H,8,10H2,1-2H3. The molecule has 0 unspecified atom stereocenters. The fraction of sp³-hybridized carbons (Fsp3) is 0.200. The molecule has 0 N–H and O–H groups in total. The van der Waals surface area contributed by atoms with Crippen LogP contribution in [0, 0.1) is 10.7 Å². The van der Waals surface area contributed by atoms with E-state index in [1.165, 1.54) is 43.3 Å². The van der Waals surface area contributed by atoms with Crippen LogP contribution in [0.4, 0.5) is 14.9 Å². The molecular formula is C20H16BFN2O5. The summed E-state index contributed by atoms with van der Waals surface area (Å²) in [6.07, 6.45) is -0.694. The fourth-order valence-corrected chi connectivity index (χ4v) is 2.91. The summed E-state index contributed by atoms with van der Waals surface area (Å²) < 4.78 is 24.9. The van der Waals surface area contributed by atoms with Gasteiger partial charge in [-0.25, -0.2) is 14.0 Å². The van der Waals surface area contributed by atoms with E-state index in [-0.39, 0.29) is 40.9 Å². The number of nitroso groups, excluding NO2 is 1. The first kappa shape index (κ1) is 20.3. The zero-order valence-electron chi connectivity index (χ0n) is 15.8. The Kier molecular flexibility index (Phi) is 5.77. The highest BCUT2D eigenvalue weighted by Gasteiger charge is 2.18. The van der Waals surface area contributed by atoms with Gasteiger partial charge in [-0.15, -0.1) is 4.91 Å². The first-order valence-electron chi connectivity index (χ1n) is 8.64. The van der Waals surface area contributed by atoms with Gasteiger partial charge in [0.1, 0.15) is 17.0 Å². The van der Waals surface area contributed by atoms with Gasteiger partial charge in [0.25, 0.3) is 0 Å². The fourth-order valence-electron chi connectivity index (χ4n) is 2.91. The number of ether oxygens (including phenoxy) is 1. The molecule has 29 heavy (non-hydrogen) atoms. The topological polar surface area (TPSA) is 89.2 Å². The van der Waals surface area contributed by atoms with E-state index >= 15 is 0 Å². The highest BCUT2D eigenvalue weighted by molar-refractivity contribution is 6.10. The molecule has 0 saturated heterocycles. The Labute approximate surface area is 166 Å². The van der Waals surface area contributed by atoms with Crippen LogP contribution in [0.15, 0.2) is 50.8 Å². The van der Waals surface area contributed by atoms with Crippen molar-refractivity contribution in [3.63, 3.8) is 0 Å². The van der Waals surface area contributed by atoms with Crippen molar-refractivity contribution in [3.05, 3.63) is 74.2 Å². The first-order valence-corrected chi connectivity index (χ1v) is 8.64. The number of nitrogens with zero attached hydrogens (tertiary/aromatic N) is 2. The number of fused-ring (bicyclic) bond motifs is 1. The molecule has 0 saturated carbocycles. The summed E-state index contributed by atoms with van der Waals surface area (Å²) >= 11 is 0. The molecule has 0 aliphatic carbocycles. The molecule has 1 aromatic heterocycles. The third-order valence-electron chi connectivity index (χ3n) is 4.39. The van der Waals surface area contributed by atoms with Crippen LogP contribution in [-0.2, 0) is 12.7 Å². The van der Waals surface area contributed by atoms with Crippen LogP contribution < -0.4 is 10.4 Å². The summed E-state index contributed by atoms with van der Waals surface area (Å²) in [6.45, 7) is 0. The molecule has 0 spiro atoms. The maximum atomic E-state index is 14.4. The third kappa shape index (κ3) is 4.03. The van der Waals surface area contributed by atoms with Crippen molar-refractivity contribution in [2.45, 2.75) is 12.7 Å². The van der Waals surface area contributed by atoms with E-state index in [2.05, 4.69) is 5.18 Å². The van der Waals surface area contributed by atoms with Gasteiger partial charge in [-0.3, -0.25) is 0 Å².